The van der Waals surface area contributed by atoms with Gasteiger partial charge in [-0.05, 0) is 24.6 Å². The van der Waals surface area contributed by atoms with E-state index in [4.69, 9.17) is 4.74 Å². The van der Waals surface area contributed by atoms with Crippen LogP contribution in [-0.4, -0.2) is 32.8 Å². The number of Topliss-reactive ketones (excluding diaryl/α,β-unsaturated/α-hetero) is 1. The molecule has 1 aromatic carbocycles. The predicted molar refractivity (Wildman–Crippen MR) is 66.0 cm³/mol. The molecular formula is C12H16O4S. The molecule has 5 heteroatoms. The van der Waals surface area contributed by atoms with Crippen molar-refractivity contribution in [2.24, 2.45) is 0 Å². The monoisotopic (exact) mass is 256 g/mol. The van der Waals surface area contributed by atoms with Crippen molar-refractivity contribution in [1.82, 2.24) is 0 Å². The average molecular weight is 256 g/mol. The van der Waals surface area contributed by atoms with Crippen LogP contribution in [0.1, 0.15) is 12.5 Å². The third-order valence-corrected chi connectivity index (χ3v) is 3.01. The van der Waals surface area contributed by atoms with Crippen LogP contribution in [0.3, 0.4) is 0 Å². The third kappa shape index (κ3) is 6.06. The number of carbonyl (C=O) groups excluding carboxylic acids is 1. The maximum absolute atomic E-state index is 10.9. The highest BCUT2D eigenvalue weighted by atomic mass is 32.2. The molecule has 17 heavy (non-hydrogen) atoms. The molecule has 0 saturated carbocycles. The zero-order chi connectivity index (χ0) is 12.9. The summed E-state index contributed by atoms with van der Waals surface area (Å²) < 4.78 is 27.0. The van der Waals surface area contributed by atoms with Crippen molar-refractivity contribution in [3.63, 3.8) is 0 Å². The molecule has 0 atom stereocenters. The van der Waals surface area contributed by atoms with Gasteiger partial charge in [-0.2, -0.15) is 0 Å². The molecule has 0 aromatic heterocycles. The molecule has 0 N–H and O–H groups in total. The Balaban J connectivity index is 2.48. The smallest absolute Gasteiger partial charge is 0.150 e. The molecule has 1 rings (SSSR count). The number of rotatable bonds is 6. The fourth-order valence-electron chi connectivity index (χ4n) is 1.30. The molecule has 0 aliphatic carbocycles. The van der Waals surface area contributed by atoms with E-state index in [0.29, 0.717) is 12.2 Å². The van der Waals surface area contributed by atoms with Gasteiger partial charge >= 0.3 is 0 Å². The summed E-state index contributed by atoms with van der Waals surface area (Å²) in [4.78, 5) is 10.9. The minimum absolute atomic E-state index is 0.00218. The summed E-state index contributed by atoms with van der Waals surface area (Å²) >= 11 is 0. The van der Waals surface area contributed by atoms with E-state index in [2.05, 4.69) is 0 Å². The maximum Gasteiger partial charge on any atom is 0.150 e. The summed E-state index contributed by atoms with van der Waals surface area (Å²) in [6, 6.07) is 7.08. The average Bonchev–Trinajstić information content (AvgIpc) is 2.18. The Bertz CT molecular complexity index is 474. The van der Waals surface area contributed by atoms with Gasteiger partial charge < -0.3 is 4.74 Å². The minimum Gasteiger partial charge on any atom is -0.493 e. The minimum atomic E-state index is -2.99. The number of carbonyl (C=O) groups is 1. The van der Waals surface area contributed by atoms with Crippen molar-refractivity contribution < 1.29 is 17.9 Å². The molecule has 0 spiro atoms. The quantitative estimate of drug-likeness (QED) is 0.768. The van der Waals surface area contributed by atoms with Crippen LogP contribution in [0.4, 0.5) is 0 Å². The zero-order valence-corrected chi connectivity index (χ0v) is 10.8. The van der Waals surface area contributed by atoms with Crippen LogP contribution in [0.5, 0.6) is 5.75 Å². The Hall–Kier alpha value is -1.36. The van der Waals surface area contributed by atoms with Gasteiger partial charge in [0.25, 0.3) is 0 Å². The number of sulfone groups is 1. The fourth-order valence-corrected chi connectivity index (χ4v) is 1.69. The van der Waals surface area contributed by atoms with E-state index < -0.39 is 9.84 Å². The molecule has 0 heterocycles. The van der Waals surface area contributed by atoms with E-state index in [1.54, 1.807) is 24.3 Å². The van der Waals surface area contributed by atoms with Gasteiger partial charge in [-0.15, -0.1) is 0 Å². The lowest BCUT2D eigenvalue weighted by Crippen LogP contribution is -2.12. The molecule has 0 unspecified atom stereocenters. The second-order valence-corrected chi connectivity index (χ2v) is 6.26. The first-order chi connectivity index (χ1) is 7.87. The van der Waals surface area contributed by atoms with Crippen LogP contribution in [-0.2, 0) is 21.1 Å². The summed E-state index contributed by atoms with van der Waals surface area (Å²) in [6.07, 6.45) is 1.58. The standard InChI is InChI=1S/C12H16O4S/c1-10(13)9-11-3-5-12(6-4-11)16-7-8-17(2,14)15/h3-6H,7-9H2,1-2H3. The van der Waals surface area contributed by atoms with Gasteiger partial charge in [-0.25, -0.2) is 8.42 Å². The topological polar surface area (TPSA) is 60.4 Å². The molecule has 0 amide bonds. The zero-order valence-electron chi connectivity index (χ0n) is 9.97. The van der Waals surface area contributed by atoms with Gasteiger partial charge in [0, 0.05) is 12.7 Å². The van der Waals surface area contributed by atoms with Crippen LogP contribution in [0.25, 0.3) is 0 Å². The van der Waals surface area contributed by atoms with Gasteiger partial charge in [0.2, 0.25) is 0 Å². The van der Waals surface area contributed by atoms with Gasteiger partial charge in [-0.3, -0.25) is 4.79 Å². The van der Waals surface area contributed by atoms with Crippen LogP contribution in [0.2, 0.25) is 0 Å². The first kappa shape index (κ1) is 13.7. The Morgan fingerprint density at radius 2 is 1.82 bits per heavy atom. The summed E-state index contributed by atoms with van der Waals surface area (Å²) in [7, 11) is -2.99. The number of hydrogen-bond acceptors (Lipinski definition) is 4. The molecule has 0 saturated heterocycles. The number of ketones is 1. The summed E-state index contributed by atoms with van der Waals surface area (Å²) in [5, 5.41) is 0. The van der Waals surface area contributed by atoms with Gasteiger partial charge in [-0.1, -0.05) is 12.1 Å². The number of benzene rings is 1. The molecule has 0 radical (unpaired) electrons. The number of hydrogen-bond donors (Lipinski definition) is 0. The molecule has 4 nitrogen and oxygen atoms in total. The highest BCUT2D eigenvalue weighted by Gasteiger charge is 2.03. The second-order valence-electron chi connectivity index (χ2n) is 4.00. The van der Waals surface area contributed by atoms with Crippen LogP contribution in [0.15, 0.2) is 24.3 Å². The first-order valence-electron chi connectivity index (χ1n) is 5.26. The molecule has 0 aliphatic heterocycles. The van der Waals surface area contributed by atoms with Crippen LogP contribution < -0.4 is 4.74 Å². The molecule has 94 valence electrons. The predicted octanol–water partition coefficient (Wildman–Crippen LogP) is 1.24. The molecule has 0 fully saturated rings. The highest BCUT2D eigenvalue weighted by molar-refractivity contribution is 7.90. The van der Waals surface area contributed by atoms with Crippen molar-refractivity contribution >= 4 is 15.6 Å². The van der Waals surface area contributed by atoms with Crippen molar-refractivity contribution in [1.29, 1.82) is 0 Å². The largest absolute Gasteiger partial charge is 0.493 e. The molecule has 0 aliphatic rings. The first-order valence-corrected chi connectivity index (χ1v) is 7.32. The third-order valence-electron chi connectivity index (χ3n) is 2.10. The van der Waals surface area contributed by atoms with E-state index >= 15 is 0 Å². The van der Waals surface area contributed by atoms with Crippen LogP contribution in [0, 0.1) is 0 Å². The summed E-state index contributed by atoms with van der Waals surface area (Å²) in [5.41, 5.74) is 0.924. The lowest BCUT2D eigenvalue weighted by Gasteiger charge is -2.06. The number of ether oxygens (including phenoxy) is 1. The van der Waals surface area contributed by atoms with E-state index in [1.165, 1.54) is 13.2 Å². The Morgan fingerprint density at radius 3 is 2.29 bits per heavy atom. The second kappa shape index (κ2) is 5.82. The van der Waals surface area contributed by atoms with E-state index in [-0.39, 0.29) is 18.1 Å². The van der Waals surface area contributed by atoms with Crippen molar-refractivity contribution in [3.8, 4) is 5.75 Å². The lowest BCUT2D eigenvalue weighted by atomic mass is 10.1. The Morgan fingerprint density at radius 1 is 1.24 bits per heavy atom. The normalized spacial score (nSPS) is 11.2. The Labute approximate surface area is 102 Å². The summed E-state index contributed by atoms with van der Waals surface area (Å²) in [5.74, 6) is 0.721. The summed E-state index contributed by atoms with van der Waals surface area (Å²) in [6.45, 7) is 1.68. The maximum atomic E-state index is 10.9. The van der Waals surface area contributed by atoms with Gasteiger partial charge in [0.1, 0.15) is 18.1 Å². The molecular weight excluding hydrogens is 240 g/mol. The lowest BCUT2D eigenvalue weighted by molar-refractivity contribution is -0.116. The SMILES string of the molecule is CC(=O)Cc1ccc(OCCS(C)(=O)=O)cc1. The van der Waals surface area contributed by atoms with E-state index in [9.17, 15) is 13.2 Å². The highest BCUT2D eigenvalue weighted by Crippen LogP contribution is 2.12. The molecule has 0 bridgehead atoms. The molecule has 1 aromatic rings. The van der Waals surface area contributed by atoms with Gasteiger partial charge in [0.15, 0.2) is 9.84 Å². The van der Waals surface area contributed by atoms with E-state index in [1.807, 2.05) is 0 Å². The van der Waals surface area contributed by atoms with Crippen molar-refractivity contribution in [3.05, 3.63) is 29.8 Å². The van der Waals surface area contributed by atoms with Crippen LogP contribution >= 0.6 is 0 Å². The Kier molecular flexibility index (Phi) is 4.69. The van der Waals surface area contributed by atoms with E-state index in [0.717, 1.165) is 5.56 Å². The van der Waals surface area contributed by atoms with Crippen molar-refractivity contribution in [2.75, 3.05) is 18.6 Å². The van der Waals surface area contributed by atoms with Crippen molar-refractivity contribution in [2.45, 2.75) is 13.3 Å². The van der Waals surface area contributed by atoms with Gasteiger partial charge in [0.05, 0.1) is 5.75 Å². The fraction of sp³-hybridized carbons (Fsp3) is 0.417.